The van der Waals surface area contributed by atoms with Crippen molar-refractivity contribution in [3.05, 3.63) is 12.2 Å². The highest BCUT2D eigenvalue weighted by Gasteiger charge is 2.15. The Hall–Kier alpha value is -1.32. The molecule has 1 heterocycles. The Morgan fingerprint density at radius 1 is 1.17 bits per heavy atom. The zero-order valence-electron chi connectivity index (χ0n) is 6.69. The zero-order chi connectivity index (χ0) is 8.97. The normalized spacial score (nSPS) is 17.2. The number of carboxylic acids is 1. The third-order valence-electron chi connectivity index (χ3n) is 1.79. The fourth-order valence-corrected chi connectivity index (χ4v) is 1.19. The first kappa shape index (κ1) is 8.77. The van der Waals surface area contributed by atoms with E-state index in [-0.39, 0.29) is 5.91 Å². The van der Waals surface area contributed by atoms with Crippen molar-refractivity contribution >= 4 is 11.9 Å². The van der Waals surface area contributed by atoms with Gasteiger partial charge in [-0.2, -0.15) is 0 Å². The first-order valence-electron chi connectivity index (χ1n) is 3.90. The maximum atomic E-state index is 11.1. The Labute approximate surface area is 70.5 Å². The van der Waals surface area contributed by atoms with Crippen molar-refractivity contribution in [3.8, 4) is 0 Å². The quantitative estimate of drug-likeness (QED) is 0.603. The summed E-state index contributed by atoms with van der Waals surface area (Å²) >= 11 is 0. The number of aliphatic carboxylic acids is 1. The van der Waals surface area contributed by atoms with Gasteiger partial charge in [-0.1, -0.05) is 0 Å². The highest BCUT2D eigenvalue weighted by Crippen LogP contribution is 2.07. The van der Waals surface area contributed by atoms with E-state index in [0.29, 0.717) is 0 Å². The van der Waals surface area contributed by atoms with Crippen LogP contribution in [0.25, 0.3) is 0 Å². The maximum Gasteiger partial charge on any atom is 0.328 e. The Balaban J connectivity index is 2.42. The van der Waals surface area contributed by atoms with Crippen LogP contribution in [0.15, 0.2) is 12.2 Å². The summed E-state index contributed by atoms with van der Waals surface area (Å²) in [4.78, 5) is 22.8. The Morgan fingerprint density at radius 2 is 1.75 bits per heavy atom. The molecule has 4 heteroatoms. The van der Waals surface area contributed by atoms with Crippen LogP contribution in [-0.2, 0) is 9.59 Å². The van der Waals surface area contributed by atoms with Crippen LogP contribution in [0.2, 0.25) is 0 Å². The second-order valence-corrected chi connectivity index (χ2v) is 2.70. The summed E-state index contributed by atoms with van der Waals surface area (Å²) in [5.74, 6) is -1.28. The number of carbonyl (C=O) groups is 2. The molecule has 0 atom stereocenters. The van der Waals surface area contributed by atoms with E-state index in [4.69, 9.17) is 5.11 Å². The minimum absolute atomic E-state index is 0.199. The predicted octanol–water partition coefficient (Wildman–Crippen LogP) is 0.250. The van der Waals surface area contributed by atoms with E-state index >= 15 is 0 Å². The van der Waals surface area contributed by atoms with Crippen LogP contribution < -0.4 is 0 Å². The molecule has 1 saturated heterocycles. The highest BCUT2D eigenvalue weighted by atomic mass is 16.4. The molecule has 1 N–H and O–H groups in total. The summed E-state index contributed by atoms with van der Waals surface area (Å²) in [7, 11) is 0. The maximum absolute atomic E-state index is 11.1. The van der Waals surface area contributed by atoms with Gasteiger partial charge in [-0.3, -0.25) is 4.79 Å². The summed E-state index contributed by atoms with van der Waals surface area (Å²) in [6, 6.07) is 0. The number of hydrogen-bond acceptors (Lipinski definition) is 2. The fourth-order valence-electron chi connectivity index (χ4n) is 1.19. The molecule has 1 rings (SSSR count). The average Bonchev–Trinajstić information content (AvgIpc) is 2.51. The van der Waals surface area contributed by atoms with Gasteiger partial charge in [-0.25, -0.2) is 4.79 Å². The van der Waals surface area contributed by atoms with Crippen molar-refractivity contribution in [1.82, 2.24) is 4.90 Å². The number of rotatable bonds is 2. The van der Waals surface area contributed by atoms with Crippen molar-refractivity contribution in [2.75, 3.05) is 13.1 Å². The molecule has 0 aromatic rings. The topological polar surface area (TPSA) is 57.6 Å². The summed E-state index contributed by atoms with van der Waals surface area (Å²) in [6.45, 7) is 1.51. The molecule has 0 saturated carbocycles. The highest BCUT2D eigenvalue weighted by molar-refractivity contribution is 5.93. The lowest BCUT2D eigenvalue weighted by Crippen LogP contribution is -2.25. The van der Waals surface area contributed by atoms with Crippen molar-refractivity contribution in [2.24, 2.45) is 0 Å². The van der Waals surface area contributed by atoms with Crippen LogP contribution in [0.1, 0.15) is 12.8 Å². The number of hydrogen-bond donors (Lipinski definition) is 1. The summed E-state index contributed by atoms with van der Waals surface area (Å²) in [5, 5.41) is 8.25. The number of amides is 1. The van der Waals surface area contributed by atoms with Gasteiger partial charge in [-0.15, -0.1) is 0 Å². The molecule has 12 heavy (non-hydrogen) atoms. The standard InChI is InChI=1S/C8H11NO3/c10-7(3-4-8(11)12)9-5-1-2-6-9/h3-4H,1-2,5-6H2,(H,11,12). The molecule has 1 fully saturated rings. The molecule has 0 unspecified atom stereocenters. The van der Waals surface area contributed by atoms with Gasteiger partial charge in [0.1, 0.15) is 0 Å². The summed E-state index contributed by atoms with van der Waals surface area (Å²) in [6.07, 6.45) is 4.02. The van der Waals surface area contributed by atoms with E-state index < -0.39 is 5.97 Å². The van der Waals surface area contributed by atoms with E-state index in [9.17, 15) is 9.59 Å². The van der Waals surface area contributed by atoms with Gasteiger partial charge in [0.15, 0.2) is 0 Å². The van der Waals surface area contributed by atoms with E-state index in [1.165, 1.54) is 0 Å². The minimum atomic E-state index is -1.08. The molecule has 0 radical (unpaired) electrons. The van der Waals surface area contributed by atoms with Gasteiger partial charge in [0.25, 0.3) is 0 Å². The second-order valence-electron chi connectivity index (χ2n) is 2.70. The minimum Gasteiger partial charge on any atom is -0.478 e. The Kier molecular flexibility index (Phi) is 2.85. The SMILES string of the molecule is O=C(O)C=CC(=O)N1CCCC1. The van der Waals surface area contributed by atoms with Crippen molar-refractivity contribution in [2.45, 2.75) is 12.8 Å². The molecule has 1 amide bonds. The van der Waals surface area contributed by atoms with Crippen LogP contribution in [0, 0.1) is 0 Å². The third-order valence-corrected chi connectivity index (χ3v) is 1.79. The fraction of sp³-hybridized carbons (Fsp3) is 0.500. The van der Waals surface area contributed by atoms with Gasteiger partial charge < -0.3 is 10.0 Å². The largest absolute Gasteiger partial charge is 0.478 e. The van der Waals surface area contributed by atoms with Gasteiger partial charge >= 0.3 is 5.97 Å². The van der Waals surface area contributed by atoms with Crippen LogP contribution in [0.4, 0.5) is 0 Å². The van der Waals surface area contributed by atoms with Crippen LogP contribution in [0.3, 0.4) is 0 Å². The molecule has 0 spiro atoms. The molecule has 0 aliphatic carbocycles. The molecule has 0 aromatic heterocycles. The molecule has 0 aromatic carbocycles. The molecule has 0 bridgehead atoms. The van der Waals surface area contributed by atoms with E-state index in [1.807, 2.05) is 0 Å². The number of carboxylic acid groups (broad SMARTS) is 1. The lowest BCUT2D eigenvalue weighted by molar-refractivity contribution is -0.132. The average molecular weight is 169 g/mol. The van der Waals surface area contributed by atoms with E-state index in [2.05, 4.69) is 0 Å². The zero-order valence-corrected chi connectivity index (χ0v) is 6.69. The Bertz CT molecular complexity index is 216. The van der Waals surface area contributed by atoms with Crippen LogP contribution in [0.5, 0.6) is 0 Å². The number of likely N-dealkylation sites (tertiary alicyclic amines) is 1. The lowest BCUT2D eigenvalue weighted by atomic mass is 10.4. The van der Waals surface area contributed by atoms with Crippen molar-refractivity contribution in [3.63, 3.8) is 0 Å². The summed E-state index contributed by atoms with van der Waals surface area (Å²) in [5.41, 5.74) is 0. The monoisotopic (exact) mass is 169 g/mol. The van der Waals surface area contributed by atoms with Crippen molar-refractivity contribution in [1.29, 1.82) is 0 Å². The summed E-state index contributed by atoms with van der Waals surface area (Å²) < 4.78 is 0. The smallest absolute Gasteiger partial charge is 0.328 e. The van der Waals surface area contributed by atoms with Gasteiger partial charge in [0.05, 0.1) is 0 Å². The van der Waals surface area contributed by atoms with E-state index in [1.54, 1.807) is 4.90 Å². The molecule has 1 aliphatic heterocycles. The van der Waals surface area contributed by atoms with Gasteiger partial charge in [0, 0.05) is 25.2 Å². The third kappa shape index (κ3) is 2.38. The molecular weight excluding hydrogens is 158 g/mol. The first-order chi connectivity index (χ1) is 5.70. The van der Waals surface area contributed by atoms with E-state index in [0.717, 1.165) is 38.1 Å². The first-order valence-corrected chi connectivity index (χ1v) is 3.90. The predicted molar refractivity (Wildman–Crippen MR) is 42.6 cm³/mol. The Morgan fingerprint density at radius 3 is 2.25 bits per heavy atom. The molecule has 66 valence electrons. The van der Waals surface area contributed by atoms with Crippen LogP contribution in [-0.4, -0.2) is 35.0 Å². The molecular formula is C8H11NO3. The molecule has 1 aliphatic rings. The second kappa shape index (κ2) is 3.90. The van der Waals surface area contributed by atoms with Crippen molar-refractivity contribution < 1.29 is 14.7 Å². The number of carbonyl (C=O) groups excluding carboxylic acids is 1. The van der Waals surface area contributed by atoms with Gasteiger partial charge in [-0.05, 0) is 12.8 Å². The lowest BCUT2D eigenvalue weighted by Gasteiger charge is -2.11. The molecule has 4 nitrogen and oxygen atoms in total. The van der Waals surface area contributed by atoms with Gasteiger partial charge in [0.2, 0.25) is 5.91 Å². The number of nitrogens with zero attached hydrogens (tertiary/aromatic N) is 1. The van der Waals surface area contributed by atoms with Crippen LogP contribution >= 0.6 is 0 Å².